The second-order valence-electron chi connectivity index (χ2n) is 7.25. The summed E-state index contributed by atoms with van der Waals surface area (Å²) < 4.78 is 0. The predicted molar refractivity (Wildman–Crippen MR) is 72.5 cm³/mol. The number of aliphatic hydroxyl groups is 2. The lowest BCUT2D eigenvalue weighted by molar-refractivity contribution is -0.128. The highest BCUT2D eigenvalue weighted by Crippen LogP contribution is 2.57. The van der Waals surface area contributed by atoms with Gasteiger partial charge in [-0.25, -0.2) is 0 Å². The number of hydrogen-bond donors (Lipinski definition) is 2. The first-order valence-corrected chi connectivity index (χ1v) is 7.88. The number of hydrogen-bond acceptors (Lipinski definition) is 3. The third-order valence-electron chi connectivity index (χ3n) is 6.43. The molecular formula is C16H26O3. The molecule has 108 valence electrons. The van der Waals surface area contributed by atoms with E-state index < -0.39 is 0 Å². The van der Waals surface area contributed by atoms with Crippen molar-refractivity contribution in [2.75, 3.05) is 6.61 Å². The molecule has 0 bridgehead atoms. The van der Waals surface area contributed by atoms with E-state index in [1.807, 2.05) is 0 Å². The largest absolute Gasteiger partial charge is 0.396 e. The second-order valence-corrected chi connectivity index (χ2v) is 7.25. The Morgan fingerprint density at radius 3 is 2.74 bits per heavy atom. The van der Waals surface area contributed by atoms with Gasteiger partial charge in [-0.1, -0.05) is 6.92 Å². The van der Waals surface area contributed by atoms with E-state index >= 15 is 0 Å². The third-order valence-corrected chi connectivity index (χ3v) is 6.43. The highest BCUT2D eigenvalue weighted by molar-refractivity contribution is 5.87. The molecule has 0 saturated heterocycles. The van der Waals surface area contributed by atoms with Crippen molar-refractivity contribution in [3.63, 3.8) is 0 Å². The smallest absolute Gasteiger partial charge is 0.139 e. The van der Waals surface area contributed by atoms with Crippen molar-refractivity contribution in [1.82, 2.24) is 0 Å². The van der Waals surface area contributed by atoms with Crippen LogP contribution in [0.25, 0.3) is 0 Å². The Morgan fingerprint density at radius 1 is 1.21 bits per heavy atom. The van der Waals surface area contributed by atoms with Crippen molar-refractivity contribution in [2.24, 2.45) is 29.1 Å². The van der Waals surface area contributed by atoms with E-state index in [0.717, 1.165) is 19.3 Å². The van der Waals surface area contributed by atoms with Gasteiger partial charge in [0, 0.05) is 18.4 Å². The zero-order chi connectivity index (χ0) is 13.6. The van der Waals surface area contributed by atoms with Crippen LogP contribution >= 0.6 is 0 Å². The molecule has 3 rings (SSSR count). The zero-order valence-electron chi connectivity index (χ0n) is 11.8. The lowest BCUT2D eigenvalue weighted by Gasteiger charge is -2.36. The summed E-state index contributed by atoms with van der Waals surface area (Å²) in [6.45, 7) is 2.18. The fourth-order valence-electron chi connectivity index (χ4n) is 5.44. The predicted octanol–water partition coefficient (Wildman–Crippen LogP) is 2.15. The number of rotatable bonds is 3. The molecule has 0 heterocycles. The molecule has 3 saturated carbocycles. The zero-order valence-corrected chi connectivity index (χ0v) is 11.8. The van der Waals surface area contributed by atoms with Crippen LogP contribution in [0.4, 0.5) is 0 Å². The molecule has 0 spiro atoms. The summed E-state index contributed by atoms with van der Waals surface area (Å²) in [4.78, 5) is 12.2. The standard InChI is InChI=1S/C16H26O3/c1-16(6-7-17)14(4-5-15(16)19)12-3-2-10-8-11(18)9-13(10)12/h10-14,17-18H,2-9H2,1H3/t10-,11+,12-,13?,14+,16+/m1/s1. The number of carbonyl (C=O) groups excluding carboxylic acids is 1. The molecule has 3 aliphatic rings. The molecular weight excluding hydrogens is 240 g/mol. The monoisotopic (exact) mass is 266 g/mol. The summed E-state index contributed by atoms with van der Waals surface area (Å²) in [5.74, 6) is 2.71. The van der Waals surface area contributed by atoms with Gasteiger partial charge in [-0.3, -0.25) is 4.79 Å². The summed E-state index contributed by atoms with van der Waals surface area (Å²) in [5.41, 5.74) is -0.304. The molecule has 0 aromatic rings. The first-order valence-electron chi connectivity index (χ1n) is 7.88. The van der Waals surface area contributed by atoms with Gasteiger partial charge in [-0.05, 0) is 62.2 Å². The van der Waals surface area contributed by atoms with E-state index in [4.69, 9.17) is 0 Å². The highest BCUT2D eigenvalue weighted by Gasteiger charge is 2.54. The second kappa shape index (κ2) is 4.85. The van der Waals surface area contributed by atoms with Crippen LogP contribution in [0.15, 0.2) is 0 Å². The van der Waals surface area contributed by atoms with Gasteiger partial charge in [0.15, 0.2) is 0 Å². The summed E-state index contributed by atoms with van der Waals surface area (Å²) in [7, 11) is 0. The molecule has 0 amide bonds. The quantitative estimate of drug-likeness (QED) is 0.823. The number of ketones is 1. The SMILES string of the molecule is C[C@@]1(CCO)C(=O)CC[C@H]1[C@@H]1CC[C@@H]2C[C@H](O)CC21. The van der Waals surface area contributed by atoms with Gasteiger partial charge < -0.3 is 10.2 Å². The van der Waals surface area contributed by atoms with Crippen LogP contribution in [0.3, 0.4) is 0 Å². The van der Waals surface area contributed by atoms with Crippen LogP contribution in [0.1, 0.15) is 51.9 Å². The van der Waals surface area contributed by atoms with Crippen molar-refractivity contribution in [3.05, 3.63) is 0 Å². The van der Waals surface area contributed by atoms with Gasteiger partial charge in [-0.2, -0.15) is 0 Å². The molecule has 0 aromatic carbocycles. The molecule has 6 atom stereocenters. The Labute approximate surface area is 115 Å². The summed E-state index contributed by atoms with van der Waals surface area (Å²) >= 11 is 0. The van der Waals surface area contributed by atoms with Crippen molar-refractivity contribution in [1.29, 1.82) is 0 Å². The molecule has 2 N–H and O–H groups in total. The van der Waals surface area contributed by atoms with Crippen LogP contribution in [0.2, 0.25) is 0 Å². The molecule has 3 fully saturated rings. The van der Waals surface area contributed by atoms with E-state index in [-0.39, 0.29) is 18.1 Å². The number of fused-ring (bicyclic) bond motifs is 1. The number of aliphatic hydroxyl groups excluding tert-OH is 2. The van der Waals surface area contributed by atoms with Gasteiger partial charge in [0.1, 0.15) is 5.78 Å². The molecule has 3 aliphatic carbocycles. The summed E-state index contributed by atoms with van der Waals surface area (Å²) in [5, 5.41) is 19.2. The molecule has 0 aliphatic heterocycles. The van der Waals surface area contributed by atoms with Crippen LogP contribution in [0, 0.1) is 29.1 Å². The van der Waals surface area contributed by atoms with Crippen LogP contribution < -0.4 is 0 Å². The Morgan fingerprint density at radius 2 is 2.00 bits per heavy atom. The van der Waals surface area contributed by atoms with Gasteiger partial charge in [0.2, 0.25) is 0 Å². The number of carbonyl (C=O) groups is 1. The van der Waals surface area contributed by atoms with Gasteiger partial charge >= 0.3 is 0 Å². The lowest BCUT2D eigenvalue weighted by Crippen LogP contribution is -2.36. The molecule has 3 nitrogen and oxygen atoms in total. The molecule has 19 heavy (non-hydrogen) atoms. The van der Waals surface area contributed by atoms with E-state index in [2.05, 4.69) is 6.92 Å². The minimum Gasteiger partial charge on any atom is -0.396 e. The normalized spacial score (nSPS) is 49.8. The lowest BCUT2D eigenvalue weighted by atomic mass is 9.67. The maximum absolute atomic E-state index is 12.2. The first-order chi connectivity index (χ1) is 9.06. The molecule has 0 aromatic heterocycles. The number of Topliss-reactive ketones (excluding diaryl/α,β-unsaturated/α-hetero) is 1. The van der Waals surface area contributed by atoms with E-state index in [0.29, 0.717) is 42.3 Å². The maximum atomic E-state index is 12.2. The van der Waals surface area contributed by atoms with Crippen molar-refractivity contribution < 1.29 is 15.0 Å². The Kier molecular flexibility index (Phi) is 3.46. The van der Waals surface area contributed by atoms with Crippen molar-refractivity contribution >= 4 is 5.78 Å². The summed E-state index contributed by atoms with van der Waals surface area (Å²) in [6.07, 6.45) is 6.56. The minimum atomic E-state index is -0.304. The fraction of sp³-hybridized carbons (Fsp3) is 0.938. The van der Waals surface area contributed by atoms with Crippen molar-refractivity contribution in [2.45, 2.75) is 58.0 Å². The minimum absolute atomic E-state index is 0.112. The first kappa shape index (κ1) is 13.6. The third kappa shape index (κ3) is 2.06. The van der Waals surface area contributed by atoms with E-state index in [9.17, 15) is 15.0 Å². The maximum Gasteiger partial charge on any atom is 0.139 e. The average Bonchev–Trinajstić information content (AvgIpc) is 2.96. The Balaban J connectivity index is 1.80. The van der Waals surface area contributed by atoms with Gasteiger partial charge in [-0.15, -0.1) is 0 Å². The highest BCUT2D eigenvalue weighted by atomic mass is 16.3. The van der Waals surface area contributed by atoms with Crippen LogP contribution in [0.5, 0.6) is 0 Å². The fourth-order valence-corrected chi connectivity index (χ4v) is 5.44. The molecule has 3 heteroatoms. The van der Waals surface area contributed by atoms with Crippen LogP contribution in [-0.2, 0) is 4.79 Å². The molecule has 0 radical (unpaired) electrons. The van der Waals surface area contributed by atoms with Crippen LogP contribution in [-0.4, -0.2) is 28.7 Å². The van der Waals surface area contributed by atoms with E-state index in [1.165, 1.54) is 12.8 Å². The Hall–Kier alpha value is -0.410. The van der Waals surface area contributed by atoms with E-state index in [1.54, 1.807) is 0 Å². The Bertz CT molecular complexity index is 367. The van der Waals surface area contributed by atoms with Gasteiger partial charge in [0.05, 0.1) is 6.10 Å². The topological polar surface area (TPSA) is 57.5 Å². The molecule has 1 unspecified atom stereocenters. The van der Waals surface area contributed by atoms with Gasteiger partial charge in [0.25, 0.3) is 0 Å². The van der Waals surface area contributed by atoms with Crippen molar-refractivity contribution in [3.8, 4) is 0 Å². The average molecular weight is 266 g/mol. The summed E-state index contributed by atoms with van der Waals surface area (Å²) in [6, 6.07) is 0.